The summed E-state index contributed by atoms with van der Waals surface area (Å²) in [6, 6.07) is 3.89. The molecular formula is C16H25N5. The number of nitrogens with one attached hydrogen (secondary N) is 3. The van der Waals surface area contributed by atoms with Crippen LogP contribution in [0.2, 0.25) is 0 Å². The van der Waals surface area contributed by atoms with Crippen molar-refractivity contribution < 1.29 is 0 Å². The highest BCUT2D eigenvalue weighted by atomic mass is 15.3. The van der Waals surface area contributed by atoms with Crippen LogP contribution in [0.15, 0.2) is 41.3 Å². The molecule has 114 valence electrons. The zero-order valence-corrected chi connectivity index (χ0v) is 13.1. The van der Waals surface area contributed by atoms with Gasteiger partial charge >= 0.3 is 0 Å². The third kappa shape index (κ3) is 4.04. The second-order valence-corrected chi connectivity index (χ2v) is 5.18. The lowest BCUT2D eigenvalue weighted by Gasteiger charge is -2.33. The van der Waals surface area contributed by atoms with Crippen LogP contribution in [0, 0.1) is 0 Å². The Bertz CT molecular complexity index is 509. The number of rotatable bonds is 6. The number of allylic oxidation sites excluding steroid dienone is 1. The van der Waals surface area contributed by atoms with Crippen LogP contribution >= 0.6 is 0 Å². The monoisotopic (exact) mass is 287 g/mol. The minimum atomic E-state index is -0.324. The fourth-order valence-corrected chi connectivity index (χ4v) is 2.48. The number of hydrogen-bond donors (Lipinski definition) is 3. The lowest BCUT2D eigenvalue weighted by molar-refractivity contribution is 0.405. The first kappa shape index (κ1) is 15.5. The second-order valence-electron chi connectivity index (χ2n) is 5.18. The van der Waals surface area contributed by atoms with E-state index in [1.165, 1.54) is 5.70 Å². The van der Waals surface area contributed by atoms with E-state index in [2.05, 4.69) is 47.8 Å². The molecule has 1 aromatic rings. The van der Waals surface area contributed by atoms with Crippen LogP contribution in [-0.4, -0.2) is 23.2 Å². The van der Waals surface area contributed by atoms with Crippen molar-refractivity contribution in [3.63, 3.8) is 0 Å². The maximum atomic E-state index is 4.83. The summed E-state index contributed by atoms with van der Waals surface area (Å²) in [6.07, 6.45) is 8.80. The maximum Gasteiger partial charge on any atom is 0.202 e. The van der Waals surface area contributed by atoms with Gasteiger partial charge in [-0.3, -0.25) is 10.3 Å². The van der Waals surface area contributed by atoms with Gasteiger partial charge in [0.25, 0.3) is 0 Å². The van der Waals surface area contributed by atoms with Gasteiger partial charge in [-0.05, 0) is 37.6 Å². The van der Waals surface area contributed by atoms with Crippen molar-refractivity contribution in [1.82, 2.24) is 15.6 Å². The van der Waals surface area contributed by atoms with Gasteiger partial charge in [-0.1, -0.05) is 27.2 Å². The normalized spacial score (nSPS) is 21.3. The highest BCUT2D eigenvalue weighted by molar-refractivity contribution is 5.95. The van der Waals surface area contributed by atoms with Crippen molar-refractivity contribution in [3.8, 4) is 0 Å². The van der Waals surface area contributed by atoms with E-state index in [9.17, 15) is 0 Å². The molecular weight excluding hydrogens is 262 g/mol. The summed E-state index contributed by atoms with van der Waals surface area (Å²) in [4.78, 5) is 8.95. The summed E-state index contributed by atoms with van der Waals surface area (Å²) in [5, 5.41) is 10.2. The number of anilines is 1. The number of aromatic nitrogens is 1. The molecule has 0 fully saturated rings. The van der Waals surface area contributed by atoms with Crippen molar-refractivity contribution in [2.24, 2.45) is 4.99 Å². The lowest BCUT2D eigenvalue weighted by Crippen LogP contribution is -2.48. The Kier molecular flexibility index (Phi) is 5.33. The molecule has 0 radical (unpaired) electrons. The van der Waals surface area contributed by atoms with E-state index in [4.69, 9.17) is 4.99 Å². The standard InChI is InChI=1S/C16H25N5/c1-4-8-13-11-16(5-2,18-6-3)21-15(19-13)20-14-9-7-10-17-12-14/h7,9-12,18H,4-6,8H2,1-3H3,(H2,19,20,21). The molecule has 5 heteroatoms. The van der Waals surface area contributed by atoms with Gasteiger partial charge in [-0.2, -0.15) is 0 Å². The van der Waals surface area contributed by atoms with Gasteiger partial charge in [-0.25, -0.2) is 4.99 Å². The van der Waals surface area contributed by atoms with Crippen LogP contribution in [0.25, 0.3) is 0 Å². The molecule has 1 aliphatic rings. The fourth-order valence-electron chi connectivity index (χ4n) is 2.48. The smallest absolute Gasteiger partial charge is 0.202 e. The Morgan fingerprint density at radius 1 is 1.29 bits per heavy atom. The van der Waals surface area contributed by atoms with E-state index >= 15 is 0 Å². The van der Waals surface area contributed by atoms with Gasteiger partial charge in [0.1, 0.15) is 5.66 Å². The van der Waals surface area contributed by atoms with Gasteiger partial charge in [0.15, 0.2) is 0 Å². The topological polar surface area (TPSA) is 61.3 Å². The second kappa shape index (κ2) is 7.22. The van der Waals surface area contributed by atoms with Gasteiger partial charge in [0, 0.05) is 11.9 Å². The average molecular weight is 287 g/mol. The molecule has 0 aliphatic carbocycles. The third-order valence-corrected chi connectivity index (χ3v) is 3.47. The van der Waals surface area contributed by atoms with Gasteiger partial charge < -0.3 is 10.6 Å². The number of nitrogens with zero attached hydrogens (tertiary/aromatic N) is 2. The molecule has 2 heterocycles. The van der Waals surface area contributed by atoms with Crippen molar-refractivity contribution in [1.29, 1.82) is 0 Å². The van der Waals surface area contributed by atoms with Crippen molar-refractivity contribution >= 4 is 11.6 Å². The van der Waals surface area contributed by atoms with Crippen molar-refractivity contribution in [2.75, 3.05) is 11.9 Å². The lowest BCUT2D eigenvalue weighted by atomic mass is 10.0. The van der Waals surface area contributed by atoms with Crippen LogP contribution in [0.5, 0.6) is 0 Å². The van der Waals surface area contributed by atoms with Crippen LogP contribution in [0.3, 0.4) is 0 Å². The third-order valence-electron chi connectivity index (χ3n) is 3.47. The van der Waals surface area contributed by atoms with Gasteiger partial charge in [-0.15, -0.1) is 0 Å². The number of hydrogen-bond acceptors (Lipinski definition) is 5. The number of aliphatic imine (C=N–C) groups is 1. The molecule has 3 N–H and O–H groups in total. The first-order valence-corrected chi connectivity index (χ1v) is 7.72. The minimum absolute atomic E-state index is 0.324. The molecule has 21 heavy (non-hydrogen) atoms. The Labute approximate surface area is 127 Å². The van der Waals surface area contributed by atoms with E-state index in [0.717, 1.165) is 37.5 Å². The molecule has 1 aliphatic heterocycles. The summed E-state index contributed by atoms with van der Waals surface area (Å²) >= 11 is 0. The molecule has 0 amide bonds. The van der Waals surface area contributed by atoms with Crippen LogP contribution in [0.1, 0.15) is 40.0 Å². The van der Waals surface area contributed by atoms with E-state index < -0.39 is 0 Å². The quantitative estimate of drug-likeness (QED) is 0.753. The number of pyridine rings is 1. The largest absolute Gasteiger partial charge is 0.330 e. The predicted molar refractivity (Wildman–Crippen MR) is 88.1 cm³/mol. The first-order valence-electron chi connectivity index (χ1n) is 7.72. The molecule has 0 spiro atoms. The van der Waals surface area contributed by atoms with E-state index in [-0.39, 0.29) is 5.66 Å². The Hall–Kier alpha value is -1.88. The summed E-state index contributed by atoms with van der Waals surface area (Å²) in [5.74, 6) is 0.775. The van der Waals surface area contributed by atoms with Crippen LogP contribution in [0.4, 0.5) is 5.69 Å². The number of likely N-dealkylation sites (N-methyl/N-ethyl adjacent to an activating group) is 1. The average Bonchev–Trinajstić information content (AvgIpc) is 2.49. The Morgan fingerprint density at radius 3 is 2.76 bits per heavy atom. The molecule has 1 aromatic heterocycles. The highest BCUT2D eigenvalue weighted by Crippen LogP contribution is 2.22. The molecule has 0 aromatic carbocycles. The van der Waals surface area contributed by atoms with Crippen LogP contribution < -0.4 is 16.0 Å². The summed E-state index contributed by atoms with van der Waals surface area (Å²) in [7, 11) is 0. The summed E-state index contributed by atoms with van der Waals surface area (Å²) < 4.78 is 0. The Balaban J connectivity index is 2.23. The number of guanidine groups is 1. The SMILES string of the molecule is CCCC1=CC(CC)(NCC)N=C(Nc2cccnc2)N1. The van der Waals surface area contributed by atoms with Gasteiger partial charge in [0.2, 0.25) is 5.96 Å². The van der Waals surface area contributed by atoms with Crippen molar-refractivity contribution in [3.05, 3.63) is 36.3 Å². The van der Waals surface area contributed by atoms with Gasteiger partial charge in [0.05, 0.1) is 11.9 Å². The Morgan fingerprint density at radius 2 is 2.14 bits per heavy atom. The zero-order chi connectivity index (χ0) is 15.1. The molecule has 1 unspecified atom stereocenters. The van der Waals surface area contributed by atoms with E-state index in [1.54, 1.807) is 12.4 Å². The minimum Gasteiger partial charge on any atom is -0.330 e. The van der Waals surface area contributed by atoms with E-state index in [1.807, 2.05) is 12.1 Å². The molecule has 2 rings (SSSR count). The van der Waals surface area contributed by atoms with Crippen LogP contribution in [-0.2, 0) is 0 Å². The molecule has 1 atom stereocenters. The first-order chi connectivity index (χ1) is 10.2. The van der Waals surface area contributed by atoms with E-state index in [0.29, 0.717) is 0 Å². The maximum absolute atomic E-state index is 4.83. The zero-order valence-electron chi connectivity index (χ0n) is 13.1. The summed E-state index contributed by atoms with van der Waals surface area (Å²) in [6.45, 7) is 7.33. The predicted octanol–water partition coefficient (Wildman–Crippen LogP) is 2.85. The highest BCUT2D eigenvalue weighted by Gasteiger charge is 2.28. The summed E-state index contributed by atoms with van der Waals surface area (Å²) in [5.41, 5.74) is 1.82. The molecule has 0 saturated carbocycles. The fraction of sp³-hybridized carbons (Fsp3) is 0.500. The van der Waals surface area contributed by atoms with Crippen molar-refractivity contribution in [2.45, 2.75) is 45.7 Å². The molecule has 5 nitrogen and oxygen atoms in total. The molecule has 0 saturated heterocycles. The molecule has 0 bridgehead atoms.